The molecule has 0 spiro atoms. The highest BCUT2D eigenvalue weighted by Gasteiger charge is 2.23. The van der Waals surface area contributed by atoms with Crippen LogP contribution in [0.4, 0.5) is 0 Å². The molecule has 10 heteroatoms. The minimum atomic E-state index is -4.39. The Labute approximate surface area is 231 Å². The summed E-state index contributed by atoms with van der Waals surface area (Å²) in [5.41, 5.74) is 0. The molecule has 0 rings (SSSR count). The van der Waals surface area contributed by atoms with Crippen LogP contribution in [-0.4, -0.2) is 54.3 Å². The molecule has 0 bridgehead atoms. The number of nitrogens with one attached hydrogen (secondary N) is 1. The molecule has 0 aliphatic heterocycles. The number of aliphatic hydroxyl groups excluding tert-OH is 1. The molecule has 0 aliphatic carbocycles. The highest BCUT2D eigenvalue weighted by Crippen LogP contribution is 2.42. The number of aliphatic hydroxyl groups is 1. The zero-order valence-electron chi connectivity index (χ0n) is 24.1. The van der Waals surface area contributed by atoms with Crippen molar-refractivity contribution in [1.29, 1.82) is 0 Å². The fraction of sp³-hybridized carbons (Fsp3) is 0.929. The minimum absolute atomic E-state index is 0.0866. The van der Waals surface area contributed by atoms with Crippen LogP contribution in [0.25, 0.3) is 0 Å². The van der Waals surface area contributed by atoms with Crippen LogP contribution >= 0.6 is 7.82 Å². The molecule has 38 heavy (non-hydrogen) atoms. The lowest BCUT2D eigenvalue weighted by Gasteiger charge is -2.15. The lowest BCUT2D eigenvalue weighted by Crippen LogP contribution is -2.27. The SMILES string of the molecule is CCCCCCCCCCCCC(=O)NCCOP(=O)(O)OCC(O)COC(=O)CCCCCCCCC. The summed E-state index contributed by atoms with van der Waals surface area (Å²) in [4.78, 5) is 33.3. The second kappa shape index (κ2) is 26.2. The summed E-state index contributed by atoms with van der Waals surface area (Å²) in [6.07, 6.45) is 19.1. The largest absolute Gasteiger partial charge is 0.472 e. The molecule has 0 fully saturated rings. The zero-order chi connectivity index (χ0) is 28.3. The van der Waals surface area contributed by atoms with E-state index in [-0.39, 0.29) is 32.1 Å². The lowest BCUT2D eigenvalue weighted by molar-refractivity contribution is -0.147. The van der Waals surface area contributed by atoms with Crippen LogP contribution in [0, 0.1) is 0 Å². The van der Waals surface area contributed by atoms with E-state index in [1.165, 1.54) is 70.6 Å². The Balaban J connectivity index is 3.67. The Kier molecular flexibility index (Phi) is 25.6. The van der Waals surface area contributed by atoms with Gasteiger partial charge in [-0.15, -0.1) is 0 Å². The predicted molar refractivity (Wildman–Crippen MR) is 151 cm³/mol. The number of carbonyl (C=O) groups is 2. The normalized spacial score (nSPS) is 13.7. The number of hydrogen-bond acceptors (Lipinski definition) is 7. The monoisotopic (exact) mass is 565 g/mol. The van der Waals surface area contributed by atoms with Gasteiger partial charge in [0.05, 0.1) is 13.2 Å². The van der Waals surface area contributed by atoms with Crippen molar-refractivity contribution in [2.75, 3.05) is 26.4 Å². The van der Waals surface area contributed by atoms with E-state index in [9.17, 15) is 24.2 Å². The van der Waals surface area contributed by atoms with Gasteiger partial charge in [0.2, 0.25) is 5.91 Å². The minimum Gasteiger partial charge on any atom is -0.463 e. The van der Waals surface area contributed by atoms with Gasteiger partial charge < -0.3 is 20.1 Å². The number of carbonyl (C=O) groups excluding carboxylic acids is 2. The van der Waals surface area contributed by atoms with Crippen LogP contribution in [0.1, 0.15) is 136 Å². The molecule has 2 atom stereocenters. The summed E-state index contributed by atoms with van der Waals surface area (Å²) >= 11 is 0. The highest BCUT2D eigenvalue weighted by atomic mass is 31.2. The summed E-state index contributed by atoms with van der Waals surface area (Å²) < 4.78 is 26.5. The van der Waals surface area contributed by atoms with E-state index in [0.717, 1.165) is 38.5 Å². The molecule has 226 valence electrons. The van der Waals surface area contributed by atoms with Crippen LogP contribution < -0.4 is 5.32 Å². The first kappa shape index (κ1) is 37.0. The molecule has 0 aliphatic rings. The van der Waals surface area contributed by atoms with Crippen LogP contribution in [0.15, 0.2) is 0 Å². The van der Waals surface area contributed by atoms with E-state index in [1.54, 1.807) is 0 Å². The fourth-order valence-corrected chi connectivity index (χ4v) is 4.72. The molecule has 0 radical (unpaired) electrons. The molecule has 0 saturated heterocycles. The van der Waals surface area contributed by atoms with Gasteiger partial charge in [-0.25, -0.2) is 4.57 Å². The van der Waals surface area contributed by atoms with E-state index in [1.807, 2.05) is 0 Å². The molecule has 1 amide bonds. The number of rotatable bonds is 28. The maximum Gasteiger partial charge on any atom is 0.472 e. The quantitative estimate of drug-likeness (QED) is 0.0550. The third kappa shape index (κ3) is 26.6. The molecule has 0 heterocycles. The van der Waals surface area contributed by atoms with Crippen LogP contribution in [0.5, 0.6) is 0 Å². The number of amides is 1. The fourth-order valence-electron chi connectivity index (χ4n) is 3.97. The third-order valence-electron chi connectivity index (χ3n) is 6.29. The van der Waals surface area contributed by atoms with Gasteiger partial charge in [-0.3, -0.25) is 18.6 Å². The summed E-state index contributed by atoms with van der Waals surface area (Å²) in [7, 11) is -4.39. The topological polar surface area (TPSA) is 131 Å². The van der Waals surface area contributed by atoms with E-state index < -0.39 is 26.5 Å². The van der Waals surface area contributed by atoms with Gasteiger partial charge in [-0.05, 0) is 12.8 Å². The summed E-state index contributed by atoms with van der Waals surface area (Å²) in [5, 5.41) is 12.5. The van der Waals surface area contributed by atoms with Crippen molar-refractivity contribution in [2.45, 2.75) is 142 Å². The van der Waals surface area contributed by atoms with Crippen molar-refractivity contribution < 1.29 is 37.9 Å². The summed E-state index contributed by atoms with van der Waals surface area (Å²) in [6, 6.07) is 0. The Morgan fingerprint density at radius 2 is 1.18 bits per heavy atom. The zero-order valence-corrected chi connectivity index (χ0v) is 25.0. The third-order valence-corrected chi connectivity index (χ3v) is 7.27. The lowest BCUT2D eigenvalue weighted by atomic mass is 10.1. The molecule has 3 N–H and O–H groups in total. The molecule has 0 aromatic rings. The summed E-state index contributed by atoms with van der Waals surface area (Å²) in [5.74, 6) is -0.523. The first-order valence-corrected chi connectivity index (χ1v) is 16.5. The first-order chi connectivity index (χ1) is 18.3. The van der Waals surface area contributed by atoms with Crippen LogP contribution in [0.3, 0.4) is 0 Å². The van der Waals surface area contributed by atoms with Crippen LogP contribution in [0.2, 0.25) is 0 Å². The highest BCUT2D eigenvalue weighted by molar-refractivity contribution is 7.47. The van der Waals surface area contributed by atoms with Gasteiger partial charge in [-0.1, -0.05) is 110 Å². The molecular weight excluding hydrogens is 509 g/mol. The Hall–Kier alpha value is -0.990. The predicted octanol–water partition coefficient (Wildman–Crippen LogP) is 6.59. The number of esters is 1. The maximum absolute atomic E-state index is 11.9. The first-order valence-electron chi connectivity index (χ1n) is 15.0. The Morgan fingerprint density at radius 1 is 0.711 bits per heavy atom. The smallest absolute Gasteiger partial charge is 0.463 e. The molecule has 0 saturated carbocycles. The molecule has 0 aromatic heterocycles. The molecule has 0 aromatic carbocycles. The number of hydrogen-bond donors (Lipinski definition) is 3. The van der Waals surface area contributed by atoms with Gasteiger partial charge in [-0.2, -0.15) is 0 Å². The van der Waals surface area contributed by atoms with Crippen molar-refractivity contribution in [3.8, 4) is 0 Å². The summed E-state index contributed by atoms with van der Waals surface area (Å²) in [6.45, 7) is 3.46. The van der Waals surface area contributed by atoms with Gasteiger partial charge in [0.25, 0.3) is 0 Å². The van der Waals surface area contributed by atoms with Gasteiger partial charge >= 0.3 is 13.8 Å². The van der Waals surface area contributed by atoms with Crippen molar-refractivity contribution in [2.24, 2.45) is 0 Å². The van der Waals surface area contributed by atoms with Crippen molar-refractivity contribution in [3.05, 3.63) is 0 Å². The van der Waals surface area contributed by atoms with E-state index in [2.05, 4.69) is 19.2 Å². The van der Waals surface area contributed by atoms with Crippen LogP contribution in [-0.2, 0) is 27.9 Å². The van der Waals surface area contributed by atoms with Crippen molar-refractivity contribution in [1.82, 2.24) is 5.32 Å². The second-order valence-electron chi connectivity index (χ2n) is 10.1. The number of ether oxygens (including phenoxy) is 1. The Morgan fingerprint density at radius 3 is 1.71 bits per heavy atom. The number of phosphoric acid groups is 1. The van der Waals surface area contributed by atoms with Gasteiger partial charge in [0.15, 0.2) is 0 Å². The van der Waals surface area contributed by atoms with E-state index in [0.29, 0.717) is 6.42 Å². The van der Waals surface area contributed by atoms with Gasteiger partial charge in [0.1, 0.15) is 12.7 Å². The molecular formula is C28H56NO8P. The van der Waals surface area contributed by atoms with Gasteiger partial charge in [0, 0.05) is 19.4 Å². The molecule has 9 nitrogen and oxygen atoms in total. The number of unbranched alkanes of at least 4 members (excludes halogenated alkanes) is 15. The Bertz CT molecular complexity index is 620. The van der Waals surface area contributed by atoms with Crippen molar-refractivity contribution >= 4 is 19.7 Å². The van der Waals surface area contributed by atoms with E-state index >= 15 is 0 Å². The van der Waals surface area contributed by atoms with E-state index in [4.69, 9.17) is 13.8 Å². The average molecular weight is 566 g/mol. The molecule has 2 unspecified atom stereocenters. The average Bonchev–Trinajstić information content (AvgIpc) is 2.89. The second-order valence-corrected chi connectivity index (χ2v) is 11.5. The maximum atomic E-state index is 11.9. The number of phosphoric ester groups is 1. The van der Waals surface area contributed by atoms with Crippen molar-refractivity contribution in [3.63, 3.8) is 0 Å². The standard InChI is InChI=1S/C28H56NO8P/c1-3-5-7-9-11-12-13-15-16-18-20-27(31)29-22-23-36-38(33,34)37-25-26(30)24-35-28(32)21-19-17-14-10-8-6-4-2/h26,30H,3-25H2,1-2H3,(H,29,31)(H,33,34).